The largest absolute Gasteiger partial charge is 0.356 e. The molecule has 5 nitrogen and oxygen atoms in total. The van der Waals surface area contributed by atoms with Gasteiger partial charge in [-0.15, -0.1) is 0 Å². The molecule has 0 aromatic carbocycles. The van der Waals surface area contributed by atoms with E-state index in [0.29, 0.717) is 13.1 Å². The molecule has 0 unspecified atom stereocenters. The molecule has 1 N–H and O–H groups in total. The van der Waals surface area contributed by atoms with Gasteiger partial charge < -0.3 is 5.32 Å². The Bertz CT molecular complexity index is 470. The molecule has 1 amide bonds. The average Bonchev–Trinajstić information content (AvgIpc) is 2.83. The van der Waals surface area contributed by atoms with Crippen LogP contribution in [0.1, 0.15) is 64.7 Å². The second kappa shape index (κ2) is 9.02. The second-order valence-corrected chi connectivity index (χ2v) is 9.29. The molecule has 6 heteroatoms. The van der Waals surface area contributed by atoms with Crippen molar-refractivity contribution in [3.63, 3.8) is 0 Å². The van der Waals surface area contributed by atoms with Crippen LogP contribution in [-0.2, 0) is 14.8 Å². The highest BCUT2D eigenvalue weighted by molar-refractivity contribution is 7.89. The van der Waals surface area contributed by atoms with Crippen molar-refractivity contribution in [2.75, 3.05) is 25.4 Å². The van der Waals surface area contributed by atoms with Gasteiger partial charge in [-0.1, -0.05) is 38.5 Å². The summed E-state index contributed by atoms with van der Waals surface area (Å²) in [7, 11) is -3.18. The Balaban J connectivity index is 1.74. The van der Waals surface area contributed by atoms with Crippen molar-refractivity contribution >= 4 is 15.9 Å². The molecule has 0 aromatic rings. The van der Waals surface area contributed by atoms with Crippen LogP contribution >= 0.6 is 0 Å². The van der Waals surface area contributed by atoms with Gasteiger partial charge in [-0.3, -0.25) is 4.79 Å². The fraction of sp³-hybridized carbons (Fsp3) is 0.941. The van der Waals surface area contributed by atoms with Crippen LogP contribution in [-0.4, -0.2) is 44.0 Å². The molecule has 1 saturated carbocycles. The highest BCUT2D eigenvalue weighted by atomic mass is 32.2. The Morgan fingerprint density at radius 3 is 2.43 bits per heavy atom. The molecule has 1 heterocycles. The third-order valence-corrected chi connectivity index (χ3v) is 7.19. The minimum atomic E-state index is -3.18. The Hall–Kier alpha value is -0.620. The predicted octanol–water partition coefficient (Wildman–Crippen LogP) is 2.52. The van der Waals surface area contributed by atoms with E-state index in [1.54, 1.807) is 6.92 Å². The molecule has 1 aliphatic heterocycles. The van der Waals surface area contributed by atoms with E-state index in [0.717, 1.165) is 31.7 Å². The summed E-state index contributed by atoms with van der Waals surface area (Å²) < 4.78 is 25.4. The number of carbonyl (C=O) groups is 1. The average molecular weight is 345 g/mol. The molecule has 1 saturated heterocycles. The van der Waals surface area contributed by atoms with Crippen molar-refractivity contribution in [2.45, 2.75) is 64.7 Å². The lowest BCUT2D eigenvalue weighted by Gasteiger charge is -2.31. The van der Waals surface area contributed by atoms with Gasteiger partial charge in [0.2, 0.25) is 15.9 Å². The van der Waals surface area contributed by atoms with Gasteiger partial charge in [0.25, 0.3) is 0 Å². The van der Waals surface area contributed by atoms with Crippen LogP contribution in [0.3, 0.4) is 0 Å². The van der Waals surface area contributed by atoms with Crippen LogP contribution in [0.2, 0.25) is 0 Å². The molecule has 23 heavy (non-hydrogen) atoms. The van der Waals surface area contributed by atoms with Gasteiger partial charge in [-0.05, 0) is 32.1 Å². The van der Waals surface area contributed by atoms with Crippen molar-refractivity contribution in [1.82, 2.24) is 9.62 Å². The van der Waals surface area contributed by atoms with Crippen molar-refractivity contribution in [3.05, 3.63) is 0 Å². The first-order chi connectivity index (χ1) is 11.0. The van der Waals surface area contributed by atoms with Gasteiger partial charge in [0.05, 0.1) is 11.7 Å². The Morgan fingerprint density at radius 1 is 1.09 bits per heavy atom. The number of rotatable bonds is 6. The van der Waals surface area contributed by atoms with E-state index < -0.39 is 10.0 Å². The molecular weight excluding hydrogens is 312 g/mol. The summed E-state index contributed by atoms with van der Waals surface area (Å²) in [5, 5.41) is 3.05. The summed E-state index contributed by atoms with van der Waals surface area (Å²) in [6.45, 7) is 3.31. The lowest BCUT2D eigenvalue weighted by Crippen LogP contribution is -2.46. The van der Waals surface area contributed by atoms with Gasteiger partial charge in [0, 0.05) is 19.6 Å². The number of sulfonamides is 1. The summed E-state index contributed by atoms with van der Waals surface area (Å²) in [4.78, 5) is 12.3. The molecule has 0 bridgehead atoms. The normalized spacial score (nSPS) is 25.0. The summed E-state index contributed by atoms with van der Waals surface area (Å²) in [6, 6.07) is 0. The van der Waals surface area contributed by atoms with E-state index in [4.69, 9.17) is 0 Å². The van der Waals surface area contributed by atoms with E-state index in [9.17, 15) is 13.2 Å². The first-order valence-electron chi connectivity index (χ1n) is 9.28. The Kier molecular flexibility index (Phi) is 7.34. The number of hydrogen-bond donors (Lipinski definition) is 1. The van der Waals surface area contributed by atoms with Gasteiger partial charge in [0.1, 0.15) is 0 Å². The quantitative estimate of drug-likeness (QED) is 0.753. The number of carbonyl (C=O) groups excluding carboxylic acids is 1. The second-order valence-electron chi connectivity index (χ2n) is 7.04. The van der Waals surface area contributed by atoms with Crippen molar-refractivity contribution in [3.8, 4) is 0 Å². The van der Waals surface area contributed by atoms with E-state index in [-0.39, 0.29) is 17.6 Å². The fourth-order valence-electron chi connectivity index (χ4n) is 3.79. The van der Waals surface area contributed by atoms with Crippen LogP contribution in [0.5, 0.6) is 0 Å². The number of nitrogens with one attached hydrogen (secondary N) is 1. The van der Waals surface area contributed by atoms with E-state index >= 15 is 0 Å². The number of nitrogens with zero attached hydrogens (tertiary/aromatic N) is 1. The third-order valence-electron chi connectivity index (χ3n) is 5.34. The smallest absolute Gasteiger partial charge is 0.224 e. The maximum atomic E-state index is 12.3. The highest BCUT2D eigenvalue weighted by Crippen LogP contribution is 2.25. The molecule has 2 fully saturated rings. The van der Waals surface area contributed by atoms with Crippen LogP contribution < -0.4 is 5.32 Å². The molecule has 134 valence electrons. The molecule has 1 aliphatic carbocycles. The lowest BCUT2D eigenvalue weighted by molar-refractivity contribution is -0.126. The highest BCUT2D eigenvalue weighted by Gasteiger charge is 2.31. The minimum absolute atomic E-state index is 0.0367. The van der Waals surface area contributed by atoms with E-state index in [1.807, 2.05) is 0 Å². The molecule has 2 aliphatic rings. The van der Waals surface area contributed by atoms with Crippen molar-refractivity contribution in [1.29, 1.82) is 0 Å². The SMILES string of the molecule is CCS(=O)(=O)N1CCC[C@H](C(=O)NCCC2CCCCCC2)C1. The summed E-state index contributed by atoms with van der Waals surface area (Å²) >= 11 is 0. The topological polar surface area (TPSA) is 66.5 Å². The number of amides is 1. The van der Waals surface area contributed by atoms with Crippen molar-refractivity contribution < 1.29 is 13.2 Å². The van der Waals surface area contributed by atoms with Crippen LogP contribution in [0, 0.1) is 11.8 Å². The molecule has 1 atom stereocenters. The first kappa shape index (κ1) is 18.7. The molecule has 0 radical (unpaired) electrons. The molecule has 0 spiro atoms. The maximum absolute atomic E-state index is 12.3. The standard InChI is InChI=1S/C17H32N2O3S/c1-2-23(21,22)19-13-7-10-16(14-19)17(20)18-12-11-15-8-5-3-4-6-9-15/h15-16H,2-14H2,1H3,(H,18,20)/t16-/m0/s1. The summed E-state index contributed by atoms with van der Waals surface area (Å²) in [5.74, 6) is 0.721. The minimum Gasteiger partial charge on any atom is -0.356 e. The first-order valence-corrected chi connectivity index (χ1v) is 10.9. The maximum Gasteiger partial charge on any atom is 0.224 e. The van der Waals surface area contributed by atoms with Crippen LogP contribution in [0.4, 0.5) is 0 Å². The van der Waals surface area contributed by atoms with Gasteiger partial charge in [-0.25, -0.2) is 12.7 Å². The van der Waals surface area contributed by atoms with E-state index in [2.05, 4.69) is 5.32 Å². The number of hydrogen-bond acceptors (Lipinski definition) is 3. The molecule has 2 rings (SSSR count). The Morgan fingerprint density at radius 2 is 1.78 bits per heavy atom. The van der Waals surface area contributed by atoms with Crippen molar-refractivity contribution in [2.24, 2.45) is 11.8 Å². The third kappa shape index (κ3) is 5.75. The fourth-order valence-corrected chi connectivity index (χ4v) is 4.97. The lowest BCUT2D eigenvalue weighted by atomic mass is 9.96. The zero-order valence-electron chi connectivity index (χ0n) is 14.4. The van der Waals surface area contributed by atoms with E-state index in [1.165, 1.54) is 42.8 Å². The van der Waals surface area contributed by atoms with Gasteiger partial charge >= 0.3 is 0 Å². The Labute approximate surface area is 141 Å². The zero-order chi connectivity index (χ0) is 16.7. The zero-order valence-corrected chi connectivity index (χ0v) is 15.2. The summed E-state index contributed by atoms with van der Waals surface area (Å²) in [5.41, 5.74) is 0. The van der Waals surface area contributed by atoms with Gasteiger partial charge in [0.15, 0.2) is 0 Å². The van der Waals surface area contributed by atoms with Gasteiger partial charge in [-0.2, -0.15) is 0 Å². The summed E-state index contributed by atoms with van der Waals surface area (Å²) in [6.07, 6.45) is 10.6. The van der Waals surface area contributed by atoms with Crippen LogP contribution in [0.25, 0.3) is 0 Å². The number of piperidine rings is 1. The molecule has 0 aromatic heterocycles. The monoisotopic (exact) mass is 344 g/mol. The predicted molar refractivity (Wildman–Crippen MR) is 92.6 cm³/mol. The molecular formula is C17H32N2O3S. The van der Waals surface area contributed by atoms with Crippen LogP contribution in [0.15, 0.2) is 0 Å².